The lowest BCUT2D eigenvalue weighted by Crippen LogP contribution is -2.44. The SMILES string of the molecule is O=C(NCCc1ccc(Br)s1)NC[C@@H]1COc2ccccc2O1. The third-order valence-electron chi connectivity index (χ3n) is 3.34. The third kappa shape index (κ3) is 4.62. The quantitative estimate of drug-likeness (QED) is 0.815. The lowest BCUT2D eigenvalue weighted by atomic mass is 10.2. The van der Waals surface area contributed by atoms with Crippen LogP contribution in [-0.4, -0.2) is 31.8 Å². The van der Waals surface area contributed by atoms with Crippen molar-refractivity contribution >= 4 is 33.3 Å². The first kappa shape index (κ1) is 16.1. The molecule has 2 heterocycles. The van der Waals surface area contributed by atoms with Crippen molar-refractivity contribution in [2.24, 2.45) is 0 Å². The molecule has 0 unspecified atom stereocenters. The van der Waals surface area contributed by atoms with Gasteiger partial charge in [-0.15, -0.1) is 11.3 Å². The summed E-state index contributed by atoms with van der Waals surface area (Å²) in [5.74, 6) is 1.46. The number of ether oxygens (including phenoxy) is 2. The van der Waals surface area contributed by atoms with Crippen LogP contribution in [0.3, 0.4) is 0 Å². The van der Waals surface area contributed by atoms with E-state index in [0.29, 0.717) is 25.4 Å². The lowest BCUT2D eigenvalue weighted by molar-refractivity contribution is 0.0918. The van der Waals surface area contributed by atoms with Crippen molar-refractivity contribution in [1.29, 1.82) is 0 Å². The number of urea groups is 1. The number of fused-ring (bicyclic) bond motifs is 1. The van der Waals surface area contributed by atoms with Crippen LogP contribution in [0, 0.1) is 0 Å². The van der Waals surface area contributed by atoms with Crippen LogP contribution in [0.1, 0.15) is 4.88 Å². The van der Waals surface area contributed by atoms with Gasteiger partial charge in [0.05, 0.1) is 10.3 Å². The molecule has 7 heteroatoms. The van der Waals surface area contributed by atoms with Crippen LogP contribution < -0.4 is 20.1 Å². The minimum atomic E-state index is -0.192. The Morgan fingerprint density at radius 2 is 2.04 bits per heavy atom. The summed E-state index contributed by atoms with van der Waals surface area (Å²) in [4.78, 5) is 13.0. The van der Waals surface area contributed by atoms with E-state index in [1.807, 2.05) is 30.3 Å². The molecule has 0 spiro atoms. The molecule has 122 valence electrons. The normalized spacial score (nSPS) is 16.0. The van der Waals surface area contributed by atoms with Gasteiger partial charge in [-0.2, -0.15) is 0 Å². The summed E-state index contributed by atoms with van der Waals surface area (Å²) in [6, 6.07) is 11.4. The summed E-state index contributed by atoms with van der Waals surface area (Å²) < 4.78 is 12.5. The Kier molecular flexibility index (Phi) is 5.40. The molecule has 0 fully saturated rings. The maximum absolute atomic E-state index is 11.8. The van der Waals surface area contributed by atoms with Crippen molar-refractivity contribution in [3.05, 3.63) is 45.1 Å². The minimum Gasteiger partial charge on any atom is -0.486 e. The van der Waals surface area contributed by atoms with E-state index in [1.165, 1.54) is 4.88 Å². The zero-order valence-electron chi connectivity index (χ0n) is 12.4. The Morgan fingerprint density at radius 3 is 2.83 bits per heavy atom. The summed E-state index contributed by atoms with van der Waals surface area (Å²) in [7, 11) is 0. The number of benzene rings is 1. The topological polar surface area (TPSA) is 59.6 Å². The van der Waals surface area contributed by atoms with E-state index in [2.05, 4.69) is 32.6 Å². The maximum Gasteiger partial charge on any atom is 0.314 e. The van der Waals surface area contributed by atoms with Crippen LogP contribution in [-0.2, 0) is 6.42 Å². The van der Waals surface area contributed by atoms with Crippen LogP contribution in [0.4, 0.5) is 4.79 Å². The van der Waals surface area contributed by atoms with Crippen molar-refractivity contribution in [3.63, 3.8) is 0 Å². The van der Waals surface area contributed by atoms with Gasteiger partial charge in [0, 0.05) is 11.4 Å². The number of thiophene rings is 1. The molecule has 3 rings (SSSR count). The van der Waals surface area contributed by atoms with Crippen molar-refractivity contribution < 1.29 is 14.3 Å². The second-order valence-corrected chi connectivity index (χ2v) is 7.64. The summed E-state index contributed by atoms with van der Waals surface area (Å²) in [5.41, 5.74) is 0. The predicted molar refractivity (Wildman–Crippen MR) is 93.5 cm³/mol. The fraction of sp³-hybridized carbons (Fsp3) is 0.312. The zero-order valence-corrected chi connectivity index (χ0v) is 14.8. The Hall–Kier alpha value is -1.73. The molecule has 0 saturated heterocycles. The van der Waals surface area contributed by atoms with E-state index < -0.39 is 0 Å². The first-order valence-electron chi connectivity index (χ1n) is 7.35. The molecular weight excluding hydrogens is 380 g/mol. The standard InChI is InChI=1S/C16H17BrN2O3S/c17-15-6-5-12(23-15)7-8-18-16(20)19-9-11-10-21-13-3-1-2-4-14(13)22-11/h1-6,11H,7-10H2,(H2,18,19,20)/t11-/m1/s1. The minimum absolute atomic E-state index is 0.177. The number of para-hydroxylation sites is 2. The van der Waals surface area contributed by atoms with Gasteiger partial charge in [-0.25, -0.2) is 4.79 Å². The van der Waals surface area contributed by atoms with Gasteiger partial charge in [0.1, 0.15) is 6.61 Å². The van der Waals surface area contributed by atoms with E-state index in [1.54, 1.807) is 11.3 Å². The third-order valence-corrected chi connectivity index (χ3v) is 5.03. The molecule has 2 amide bonds. The Balaban J connectivity index is 1.36. The molecule has 2 N–H and O–H groups in total. The first-order chi connectivity index (χ1) is 11.2. The van der Waals surface area contributed by atoms with Gasteiger partial charge < -0.3 is 20.1 Å². The van der Waals surface area contributed by atoms with Crippen molar-refractivity contribution in [3.8, 4) is 11.5 Å². The van der Waals surface area contributed by atoms with Crippen molar-refractivity contribution in [2.75, 3.05) is 19.7 Å². The Bertz CT molecular complexity index is 677. The van der Waals surface area contributed by atoms with Gasteiger partial charge in [-0.1, -0.05) is 12.1 Å². The summed E-state index contributed by atoms with van der Waals surface area (Å²) >= 11 is 5.10. The van der Waals surface area contributed by atoms with E-state index in [4.69, 9.17) is 9.47 Å². The number of nitrogens with one attached hydrogen (secondary N) is 2. The van der Waals surface area contributed by atoms with Gasteiger partial charge in [0.15, 0.2) is 17.6 Å². The average Bonchev–Trinajstić information content (AvgIpc) is 2.98. The van der Waals surface area contributed by atoms with Gasteiger partial charge in [-0.3, -0.25) is 0 Å². The average molecular weight is 397 g/mol. The van der Waals surface area contributed by atoms with E-state index in [0.717, 1.165) is 16.0 Å². The van der Waals surface area contributed by atoms with Crippen molar-refractivity contribution in [2.45, 2.75) is 12.5 Å². The molecule has 1 aromatic carbocycles. The molecule has 0 aliphatic carbocycles. The highest BCUT2D eigenvalue weighted by atomic mass is 79.9. The van der Waals surface area contributed by atoms with Crippen LogP contribution in [0.15, 0.2) is 40.2 Å². The second kappa shape index (κ2) is 7.70. The molecule has 5 nitrogen and oxygen atoms in total. The van der Waals surface area contributed by atoms with E-state index in [9.17, 15) is 4.79 Å². The summed E-state index contributed by atoms with van der Waals surface area (Å²) in [6.07, 6.45) is 0.643. The molecule has 0 radical (unpaired) electrons. The number of carbonyl (C=O) groups is 1. The number of carbonyl (C=O) groups excluding carboxylic acids is 1. The summed E-state index contributed by atoms with van der Waals surface area (Å²) in [5, 5.41) is 5.66. The van der Waals surface area contributed by atoms with Crippen LogP contribution in [0.2, 0.25) is 0 Å². The molecule has 0 bridgehead atoms. The van der Waals surface area contributed by atoms with E-state index in [-0.39, 0.29) is 12.1 Å². The number of hydrogen-bond acceptors (Lipinski definition) is 4. The monoisotopic (exact) mass is 396 g/mol. The van der Waals surface area contributed by atoms with Gasteiger partial charge in [-0.05, 0) is 46.6 Å². The molecule has 1 aliphatic heterocycles. The first-order valence-corrected chi connectivity index (χ1v) is 8.96. The maximum atomic E-state index is 11.8. The highest BCUT2D eigenvalue weighted by Gasteiger charge is 2.20. The fourth-order valence-electron chi connectivity index (χ4n) is 2.22. The Morgan fingerprint density at radius 1 is 1.22 bits per heavy atom. The molecule has 1 aliphatic rings. The Labute approximate surface area is 147 Å². The van der Waals surface area contributed by atoms with Gasteiger partial charge >= 0.3 is 6.03 Å². The zero-order chi connectivity index (χ0) is 16.1. The molecule has 23 heavy (non-hydrogen) atoms. The summed E-state index contributed by atoms with van der Waals surface area (Å²) in [6.45, 7) is 1.44. The molecule has 2 aromatic rings. The number of halogens is 1. The fourth-order valence-corrected chi connectivity index (χ4v) is 3.70. The number of hydrogen-bond donors (Lipinski definition) is 2. The molecule has 1 atom stereocenters. The van der Waals surface area contributed by atoms with Crippen LogP contribution >= 0.6 is 27.3 Å². The molecule has 0 saturated carbocycles. The largest absolute Gasteiger partial charge is 0.486 e. The number of rotatable bonds is 5. The second-order valence-electron chi connectivity index (χ2n) is 5.09. The van der Waals surface area contributed by atoms with E-state index >= 15 is 0 Å². The van der Waals surface area contributed by atoms with Crippen molar-refractivity contribution in [1.82, 2.24) is 10.6 Å². The van der Waals surface area contributed by atoms with Gasteiger partial charge in [0.2, 0.25) is 0 Å². The van der Waals surface area contributed by atoms with Crippen LogP contribution in [0.25, 0.3) is 0 Å². The van der Waals surface area contributed by atoms with Gasteiger partial charge in [0.25, 0.3) is 0 Å². The molecule has 1 aromatic heterocycles. The smallest absolute Gasteiger partial charge is 0.314 e. The van der Waals surface area contributed by atoms with Crippen LogP contribution in [0.5, 0.6) is 11.5 Å². The lowest BCUT2D eigenvalue weighted by Gasteiger charge is -2.26. The predicted octanol–water partition coefficient (Wildman–Crippen LogP) is 3.19. The highest BCUT2D eigenvalue weighted by molar-refractivity contribution is 9.11. The molecular formula is C16H17BrN2O3S. The number of amides is 2. The highest BCUT2D eigenvalue weighted by Crippen LogP contribution is 2.30.